The molecule has 0 aromatic carbocycles. The molecule has 5 heteroatoms. The first-order chi connectivity index (χ1) is 6.11. The van der Waals surface area contributed by atoms with E-state index in [4.69, 9.17) is 0 Å². The molecule has 0 aromatic rings. The van der Waals surface area contributed by atoms with Crippen molar-refractivity contribution in [1.29, 1.82) is 0 Å². The van der Waals surface area contributed by atoms with Gasteiger partial charge in [-0.05, 0) is 6.42 Å². The molecular weight excluding hydrogens is 174 g/mol. The minimum atomic E-state index is -0.398. The fourth-order valence-corrected chi connectivity index (χ4v) is 0.810. The number of rotatable bonds is 4. The van der Waals surface area contributed by atoms with Gasteiger partial charge in [0.2, 0.25) is 0 Å². The maximum atomic E-state index is 10.8. The Hall–Kier alpha value is -1.26. The Balaban J connectivity index is 3.53. The molecule has 13 heavy (non-hydrogen) atoms. The molecule has 0 bridgehead atoms. The van der Waals surface area contributed by atoms with Gasteiger partial charge >= 0.3 is 12.1 Å². The van der Waals surface area contributed by atoms with Crippen LogP contribution in [0.3, 0.4) is 0 Å². The molecule has 0 saturated heterocycles. The summed E-state index contributed by atoms with van der Waals surface area (Å²) in [5.41, 5.74) is 0. The molecule has 0 rings (SSSR count). The molecule has 0 fully saturated rings. The zero-order chi connectivity index (χ0) is 10.3. The van der Waals surface area contributed by atoms with Crippen molar-refractivity contribution in [2.45, 2.75) is 12.8 Å². The van der Waals surface area contributed by atoms with E-state index in [1.807, 2.05) is 0 Å². The quantitative estimate of drug-likeness (QED) is 0.609. The number of ether oxygens (including phenoxy) is 2. The normalized spacial score (nSPS) is 9.15. The summed E-state index contributed by atoms with van der Waals surface area (Å²) >= 11 is 0. The van der Waals surface area contributed by atoms with Crippen LogP contribution < -0.4 is 0 Å². The smallest absolute Gasteiger partial charge is 0.409 e. The van der Waals surface area contributed by atoms with Crippen LogP contribution in [0.25, 0.3) is 0 Å². The molecule has 1 amide bonds. The summed E-state index contributed by atoms with van der Waals surface area (Å²) in [6, 6.07) is 0. The number of methoxy groups -OCH3 is 2. The molecule has 0 heterocycles. The largest absolute Gasteiger partial charge is 0.469 e. The number of carbonyl (C=O) groups excluding carboxylic acids is 2. The molecule has 5 nitrogen and oxygen atoms in total. The molecule has 0 aromatic heterocycles. The van der Waals surface area contributed by atoms with Crippen molar-refractivity contribution in [3.8, 4) is 0 Å². The van der Waals surface area contributed by atoms with E-state index in [0.717, 1.165) is 0 Å². The van der Waals surface area contributed by atoms with Gasteiger partial charge in [0.1, 0.15) is 0 Å². The Morgan fingerprint density at radius 2 is 1.85 bits per heavy atom. The highest BCUT2D eigenvalue weighted by molar-refractivity contribution is 5.69. The zero-order valence-electron chi connectivity index (χ0n) is 8.20. The van der Waals surface area contributed by atoms with Crippen molar-refractivity contribution in [1.82, 2.24) is 4.90 Å². The fourth-order valence-electron chi connectivity index (χ4n) is 0.810. The second-order valence-corrected chi connectivity index (χ2v) is 2.57. The highest BCUT2D eigenvalue weighted by Gasteiger charge is 2.08. The summed E-state index contributed by atoms with van der Waals surface area (Å²) in [6.45, 7) is 0.488. The van der Waals surface area contributed by atoms with E-state index >= 15 is 0 Å². The van der Waals surface area contributed by atoms with E-state index in [1.54, 1.807) is 7.05 Å². The van der Waals surface area contributed by atoms with Crippen LogP contribution >= 0.6 is 0 Å². The van der Waals surface area contributed by atoms with Gasteiger partial charge in [-0.3, -0.25) is 4.79 Å². The van der Waals surface area contributed by atoms with E-state index in [1.165, 1.54) is 19.1 Å². The maximum Gasteiger partial charge on any atom is 0.409 e. The van der Waals surface area contributed by atoms with Crippen molar-refractivity contribution in [3.63, 3.8) is 0 Å². The van der Waals surface area contributed by atoms with Crippen LogP contribution in [-0.4, -0.2) is 44.8 Å². The van der Waals surface area contributed by atoms with E-state index in [2.05, 4.69) is 9.47 Å². The van der Waals surface area contributed by atoms with Gasteiger partial charge in [-0.1, -0.05) is 0 Å². The van der Waals surface area contributed by atoms with E-state index < -0.39 is 6.09 Å². The molecular formula is C8H15NO4. The first kappa shape index (κ1) is 11.7. The summed E-state index contributed by atoms with van der Waals surface area (Å²) < 4.78 is 8.91. The zero-order valence-corrected chi connectivity index (χ0v) is 8.20. The third-order valence-corrected chi connectivity index (χ3v) is 1.59. The average molecular weight is 189 g/mol. The Bertz CT molecular complexity index is 181. The Morgan fingerprint density at radius 3 is 2.31 bits per heavy atom. The van der Waals surface area contributed by atoms with Crippen molar-refractivity contribution in [3.05, 3.63) is 0 Å². The summed E-state index contributed by atoms with van der Waals surface area (Å²) in [7, 11) is 4.27. The van der Waals surface area contributed by atoms with Crippen LogP contribution in [0.5, 0.6) is 0 Å². The molecule has 0 aliphatic carbocycles. The van der Waals surface area contributed by atoms with E-state index in [9.17, 15) is 9.59 Å². The van der Waals surface area contributed by atoms with E-state index in [0.29, 0.717) is 19.4 Å². The number of carbonyl (C=O) groups is 2. The maximum absolute atomic E-state index is 10.8. The van der Waals surface area contributed by atoms with Gasteiger partial charge in [0.25, 0.3) is 0 Å². The van der Waals surface area contributed by atoms with Crippen LogP contribution in [0.15, 0.2) is 0 Å². The number of hydrogen-bond donors (Lipinski definition) is 0. The summed E-state index contributed by atoms with van der Waals surface area (Å²) in [5, 5.41) is 0. The second-order valence-electron chi connectivity index (χ2n) is 2.57. The first-order valence-corrected chi connectivity index (χ1v) is 3.97. The minimum Gasteiger partial charge on any atom is -0.469 e. The third-order valence-electron chi connectivity index (χ3n) is 1.59. The molecule has 0 radical (unpaired) electrons. The van der Waals surface area contributed by atoms with Gasteiger partial charge in [0.15, 0.2) is 0 Å². The lowest BCUT2D eigenvalue weighted by atomic mass is 10.3. The van der Waals surface area contributed by atoms with Crippen molar-refractivity contribution >= 4 is 12.1 Å². The van der Waals surface area contributed by atoms with Gasteiger partial charge in [-0.25, -0.2) is 4.79 Å². The fraction of sp³-hybridized carbons (Fsp3) is 0.750. The number of hydrogen-bond acceptors (Lipinski definition) is 4. The lowest BCUT2D eigenvalue weighted by molar-refractivity contribution is -0.140. The second kappa shape index (κ2) is 6.28. The molecule has 76 valence electrons. The number of nitrogens with zero attached hydrogens (tertiary/aromatic N) is 1. The molecule has 0 N–H and O–H groups in total. The lowest BCUT2D eigenvalue weighted by Crippen LogP contribution is -2.27. The van der Waals surface area contributed by atoms with Gasteiger partial charge < -0.3 is 14.4 Å². The van der Waals surface area contributed by atoms with Crippen LogP contribution in [0.1, 0.15) is 12.8 Å². The first-order valence-electron chi connectivity index (χ1n) is 3.97. The molecule has 0 aliphatic rings. The van der Waals surface area contributed by atoms with Gasteiger partial charge in [-0.15, -0.1) is 0 Å². The molecule has 0 unspecified atom stereocenters. The third kappa shape index (κ3) is 5.05. The monoisotopic (exact) mass is 189 g/mol. The van der Waals surface area contributed by atoms with Crippen molar-refractivity contribution < 1.29 is 19.1 Å². The van der Waals surface area contributed by atoms with Crippen molar-refractivity contribution in [2.24, 2.45) is 0 Å². The van der Waals surface area contributed by atoms with Crippen molar-refractivity contribution in [2.75, 3.05) is 27.8 Å². The van der Waals surface area contributed by atoms with Gasteiger partial charge in [0.05, 0.1) is 14.2 Å². The SMILES string of the molecule is COC(=O)CCCN(C)C(=O)OC. The summed E-state index contributed by atoms with van der Waals surface area (Å²) in [5.74, 6) is -0.265. The molecule has 0 spiro atoms. The van der Waals surface area contributed by atoms with E-state index in [-0.39, 0.29) is 5.97 Å². The van der Waals surface area contributed by atoms with Crippen LogP contribution in [0, 0.1) is 0 Å². The Kier molecular flexibility index (Phi) is 5.67. The molecule has 0 saturated carbocycles. The van der Waals surface area contributed by atoms with Gasteiger partial charge in [-0.2, -0.15) is 0 Å². The molecule has 0 atom stereocenters. The number of amides is 1. The number of esters is 1. The Morgan fingerprint density at radius 1 is 1.23 bits per heavy atom. The van der Waals surface area contributed by atoms with Crippen LogP contribution in [0.2, 0.25) is 0 Å². The lowest BCUT2D eigenvalue weighted by Gasteiger charge is -2.14. The highest BCUT2D eigenvalue weighted by Crippen LogP contribution is 1.96. The minimum absolute atomic E-state index is 0.265. The molecule has 0 aliphatic heterocycles. The Labute approximate surface area is 77.6 Å². The summed E-state index contributed by atoms with van der Waals surface area (Å²) in [6.07, 6.45) is 0.501. The van der Waals surface area contributed by atoms with Gasteiger partial charge in [0, 0.05) is 20.0 Å². The highest BCUT2D eigenvalue weighted by atomic mass is 16.5. The standard InChI is InChI=1S/C8H15NO4/c1-9(8(11)13-3)6-4-5-7(10)12-2/h4-6H2,1-3H3. The van der Waals surface area contributed by atoms with Crippen LogP contribution in [-0.2, 0) is 14.3 Å². The summed E-state index contributed by atoms with van der Waals surface area (Å²) in [4.78, 5) is 22.9. The predicted molar refractivity (Wildman–Crippen MR) is 46.3 cm³/mol. The predicted octanol–water partition coefficient (Wildman–Crippen LogP) is 0.638. The topological polar surface area (TPSA) is 55.8 Å². The van der Waals surface area contributed by atoms with Crippen LogP contribution in [0.4, 0.5) is 4.79 Å². The average Bonchev–Trinajstić information content (AvgIpc) is 2.15.